The maximum Gasteiger partial charge on any atom is 0.137 e. The maximum atomic E-state index is 9.26. The summed E-state index contributed by atoms with van der Waals surface area (Å²) >= 11 is 0. The summed E-state index contributed by atoms with van der Waals surface area (Å²) < 4.78 is 67.6. The molecule has 0 atom stereocenters. The summed E-state index contributed by atoms with van der Waals surface area (Å²) in [4.78, 5) is 9.07. The largest absolute Gasteiger partial charge is 0.457 e. The molecule has 8 aromatic carbocycles. The average molecular weight is 875 g/mol. The molecular weight excluding hydrogens is 821 g/mol. The fourth-order valence-electron chi connectivity index (χ4n) is 10.6. The van der Waals surface area contributed by atoms with E-state index in [9.17, 15) is 8.22 Å². The van der Waals surface area contributed by atoms with E-state index in [0.29, 0.717) is 39.3 Å². The minimum absolute atomic E-state index is 0.211. The minimum atomic E-state index is -2.67. The number of aromatic nitrogens is 4. The number of fused-ring (bicyclic) bond motifs is 10. The lowest BCUT2D eigenvalue weighted by molar-refractivity contribution is 0.479. The maximum absolute atomic E-state index is 9.26. The number of hydrogen-bond acceptors (Lipinski definition) is 4. The number of rotatable bonds is 6. The lowest BCUT2D eigenvalue weighted by atomic mass is 9.86. The first kappa shape index (κ1) is 33.2. The van der Waals surface area contributed by atoms with Crippen LogP contribution in [0.15, 0.2) is 188 Å². The zero-order valence-corrected chi connectivity index (χ0v) is 37.2. The van der Waals surface area contributed by atoms with Crippen LogP contribution in [0.3, 0.4) is 0 Å². The number of benzene rings is 8. The van der Waals surface area contributed by atoms with Gasteiger partial charge in [0.2, 0.25) is 0 Å². The Balaban J connectivity index is 1.06. The fourth-order valence-corrected chi connectivity index (χ4v) is 10.6. The first-order chi connectivity index (χ1) is 35.1. The molecule has 0 fully saturated rings. The van der Waals surface area contributed by atoms with E-state index in [0.717, 1.165) is 82.9 Å². The Kier molecular flexibility index (Phi) is 7.25. The van der Waals surface area contributed by atoms with E-state index in [1.807, 2.05) is 127 Å². The number of para-hydroxylation sites is 5. The fraction of sp³-hybridized carbons (Fsp3) is 0.117. The Morgan fingerprint density at radius 3 is 1.78 bits per heavy atom. The smallest absolute Gasteiger partial charge is 0.137 e. The lowest BCUT2D eigenvalue weighted by Gasteiger charge is -2.27. The summed E-state index contributed by atoms with van der Waals surface area (Å²) in [5.41, 5.74) is 9.26. The zero-order valence-electron chi connectivity index (χ0n) is 43.2. The van der Waals surface area contributed by atoms with Gasteiger partial charge in [0.05, 0.1) is 39.1 Å². The Hall–Kier alpha value is -8.29. The molecule has 5 heterocycles. The quantitative estimate of drug-likeness (QED) is 0.167. The van der Waals surface area contributed by atoms with Crippen molar-refractivity contribution in [3.63, 3.8) is 0 Å². The monoisotopic (exact) mass is 874 g/mol. The molecule has 0 saturated carbocycles. The van der Waals surface area contributed by atoms with Crippen molar-refractivity contribution in [2.75, 3.05) is 16.5 Å². The standard InChI is InChI=1S/C60H48N6O/c1-60(2,3)39-33-40(35-42(34-39)67-41-30-31-44-43-21-9-14-26-49(43)66(52(44)36-41)53-29-17-18-32-61-53)64-37-65(51-28-16-15-27-50(51)64)59-57-55(45-22-10-12-24-47(45)62(57)4)54(38-19-7-6-8-20-38)56-46-23-11-13-25-48(46)63(5)58(56)59/h6-36H,37H2,1-5H3/i4D3,5D3. The van der Waals surface area contributed by atoms with Crippen LogP contribution in [0.2, 0.25) is 0 Å². The number of pyridine rings is 1. The van der Waals surface area contributed by atoms with E-state index in [2.05, 4.69) is 89.7 Å². The molecule has 1 aliphatic rings. The van der Waals surface area contributed by atoms with Gasteiger partial charge in [-0.2, -0.15) is 0 Å². The summed E-state index contributed by atoms with van der Waals surface area (Å²) in [5, 5.41) is 5.17. The third-order valence-electron chi connectivity index (χ3n) is 13.6. The lowest BCUT2D eigenvalue weighted by Crippen LogP contribution is -2.25. The van der Waals surface area contributed by atoms with Crippen LogP contribution in [0.4, 0.5) is 22.7 Å². The van der Waals surface area contributed by atoms with Crippen molar-refractivity contribution < 1.29 is 13.0 Å². The van der Waals surface area contributed by atoms with Crippen LogP contribution in [-0.2, 0) is 19.4 Å². The van der Waals surface area contributed by atoms with Gasteiger partial charge in [-0.25, -0.2) is 4.98 Å². The predicted molar refractivity (Wildman–Crippen MR) is 279 cm³/mol. The van der Waals surface area contributed by atoms with Gasteiger partial charge in [0.25, 0.3) is 0 Å². The molecule has 7 heteroatoms. The number of hydrogen-bond donors (Lipinski definition) is 0. The Morgan fingerprint density at radius 1 is 0.522 bits per heavy atom. The molecule has 0 unspecified atom stereocenters. The molecular formula is C60H48N6O. The number of aryl methyl sites for hydroxylation is 2. The van der Waals surface area contributed by atoms with Crippen LogP contribution in [0.1, 0.15) is 34.6 Å². The molecule has 0 amide bonds. The summed E-state index contributed by atoms with van der Waals surface area (Å²) in [7, 11) is 0. The molecule has 12 aromatic rings. The number of ether oxygens (including phenoxy) is 1. The highest BCUT2D eigenvalue weighted by molar-refractivity contribution is 6.33. The van der Waals surface area contributed by atoms with Gasteiger partial charge in [-0.05, 0) is 83.3 Å². The van der Waals surface area contributed by atoms with E-state index in [1.165, 1.54) is 9.13 Å². The van der Waals surface area contributed by atoms with Crippen molar-refractivity contribution in [2.45, 2.75) is 26.2 Å². The molecule has 4 aromatic heterocycles. The molecule has 67 heavy (non-hydrogen) atoms. The van der Waals surface area contributed by atoms with Gasteiger partial charge >= 0.3 is 0 Å². The molecule has 0 bridgehead atoms. The SMILES string of the molecule is [2H]C([2H])([2H])n1c2ccccc2c2c(-c3ccccc3)c3c4ccccc4n(C([2H])([2H])[2H])c3c(N3CN(c4cc(Oc5ccc6c7ccccc7n(-c7ccccn7)c6c5)cc(C(C)(C)C)c4)c4ccccc43)c21. The summed E-state index contributed by atoms with van der Waals surface area (Å²) in [6.07, 6.45) is 1.80. The topological polar surface area (TPSA) is 43.4 Å². The van der Waals surface area contributed by atoms with Crippen LogP contribution in [-0.4, -0.2) is 25.4 Å². The van der Waals surface area contributed by atoms with Gasteiger partial charge in [-0.1, -0.05) is 124 Å². The molecule has 0 radical (unpaired) electrons. The average Bonchev–Trinajstić information content (AvgIpc) is 4.13. The molecule has 13 rings (SSSR count). The molecule has 7 nitrogen and oxygen atoms in total. The Morgan fingerprint density at radius 2 is 1.12 bits per heavy atom. The summed E-state index contributed by atoms with van der Waals surface area (Å²) in [5.74, 6) is 2.11. The van der Waals surface area contributed by atoms with Gasteiger partial charge < -0.3 is 23.7 Å². The second kappa shape index (κ2) is 14.6. The van der Waals surface area contributed by atoms with E-state index < -0.39 is 14.0 Å². The minimum Gasteiger partial charge on any atom is -0.457 e. The van der Waals surface area contributed by atoms with E-state index in [-0.39, 0.29) is 12.1 Å². The van der Waals surface area contributed by atoms with Crippen LogP contribution in [0.25, 0.3) is 82.4 Å². The molecule has 0 spiro atoms. The van der Waals surface area contributed by atoms with Gasteiger partial charge in [0.15, 0.2) is 0 Å². The van der Waals surface area contributed by atoms with Gasteiger partial charge in [-0.3, -0.25) is 4.57 Å². The third kappa shape index (κ3) is 5.87. The van der Waals surface area contributed by atoms with E-state index >= 15 is 0 Å². The van der Waals surface area contributed by atoms with Crippen molar-refractivity contribution in [3.8, 4) is 28.4 Å². The van der Waals surface area contributed by atoms with Crippen molar-refractivity contribution in [3.05, 3.63) is 194 Å². The van der Waals surface area contributed by atoms with Crippen molar-refractivity contribution in [1.82, 2.24) is 18.7 Å². The van der Waals surface area contributed by atoms with Gasteiger partial charge in [0, 0.05) is 95.1 Å². The van der Waals surface area contributed by atoms with Crippen LogP contribution >= 0.6 is 0 Å². The molecule has 0 aliphatic carbocycles. The van der Waals surface area contributed by atoms with Crippen LogP contribution in [0.5, 0.6) is 11.5 Å². The van der Waals surface area contributed by atoms with Crippen molar-refractivity contribution in [2.24, 2.45) is 14.0 Å². The Labute approximate surface area is 397 Å². The van der Waals surface area contributed by atoms with Crippen molar-refractivity contribution >= 4 is 88.2 Å². The van der Waals surface area contributed by atoms with E-state index in [4.69, 9.17) is 9.72 Å². The molecule has 0 saturated heterocycles. The zero-order chi connectivity index (χ0) is 50.1. The first-order valence-electron chi connectivity index (χ1n) is 25.7. The highest BCUT2D eigenvalue weighted by Crippen LogP contribution is 2.54. The Bertz CT molecular complexity index is 4080. The highest BCUT2D eigenvalue weighted by Gasteiger charge is 2.35. The second-order valence-electron chi connectivity index (χ2n) is 18.5. The second-order valence-corrected chi connectivity index (χ2v) is 18.5. The summed E-state index contributed by atoms with van der Waals surface area (Å²) in [6, 6.07) is 60.0. The van der Waals surface area contributed by atoms with Crippen LogP contribution in [0, 0.1) is 0 Å². The van der Waals surface area contributed by atoms with Crippen molar-refractivity contribution in [1.29, 1.82) is 0 Å². The molecule has 324 valence electrons. The predicted octanol–water partition coefficient (Wildman–Crippen LogP) is 15.5. The number of nitrogens with zero attached hydrogens (tertiary/aromatic N) is 6. The summed E-state index contributed by atoms with van der Waals surface area (Å²) in [6.45, 7) is 1.41. The van der Waals surface area contributed by atoms with Crippen LogP contribution < -0.4 is 14.5 Å². The normalized spacial score (nSPS) is 14.7. The highest BCUT2D eigenvalue weighted by atomic mass is 16.5. The first-order valence-corrected chi connectivity index (χ1v) is 22.7. The van der Waals surface area contributed by atoms with Gasteiger partial charge in [0.1, 0.15) is 24.0 Å². The molecule has 1 aliphatic heterocycles. The van der Waals surface area contributed by atoms with E-state index in [1.54, 1.807) is 6.20 Å². The number of anilines is 4. The van der Waals surface area contributed by atoms with Gasteiger partial charge in [-0.15, -0.1) is 0 Å². The molecule has 0 N–H and O–H groups in total. The third-order valence-corrected chi connectivity index (χ3v) is 13.6.